The summed E-state index contributed by atoms with van der Waals surface area (Å²) in [6, 6.07) is 4.72. The van der Waals surface area contributed by atoms with Crippen molar-refractivity contribution in [1.82, 2.24) is 25.5 Å². The van der Waals surface area contributed by atoms with Gasteiger partial charge >= 0.3 is 0 Å². The quantitative estimate of drug-likeness (QED) is 0.758. The SMILES string of the molecule is CCn1nnc(NC(=S)NC(=O)C(C)Oc2ccc(Cl)cc2Cl)n1. The lowest BCUT2D eigenvalue weighted by Gasteiger charge is -2.16. The van der Waals surface area contributed by atoms with Gasteiger partial charge < -0.3 is 4.74 Å². The smallest absolute Gasteiger partial charge is 0.269 e. The van der Waals surface area contributed by atoms with Gasteiger partial charge in [-0.15, -0.1) is 5.10 Å². The number of carbonyl (C=O) groups excluding carboxylic acids is 1. The fourth-order valence-corrected chi connectivity index (χ4v) is 2.23. The second-order valence-electron chi connectivity index (χ2n) is 4.58. The van der Waals surface area contributed by atoms with Crippen LogP contribution in [0.4, 0.5) is 5.95 Å². The monoisotopic (exact) mass is 388 g/mol. The van der Waals surface area contributed by atoms with Crippen LogP contribution in [0.1, 0.15) is 13.8 Å². The molecule has 8 nitrogen and oxygen atoms in total. The molecular formula is C13H14Cl2N6O2S. The molecule has 0 saturated heterocycles. The number of nitrogens with one attached hydrogen (secondary N) is 2. The van der Waals surface area contributed by atoms with E-state index in [1.807, 2.05) is 6.92 Å². The lowest BCUT2D eigenvalue weighted by Crippen LogP contribution is -2.42. The first-order chi connectivity index (χ1) is 11.4. The molecule has 2 aromatic rings. The van der Waals surface area contributed by atoms with E-state index in [-0.39, 0.29) is 11.1 Å². The zero-order valence-electron chi connectivity index (χ0n) is 12.8. The van der Waals surface area contributed by atoms with Crippen molar-refractivity contribution in [1.29, 1.82) is 0 Å². The van der Waals surface area contributed by atoms with Gasteiger partial charge in [-0.25, -0.2) is 0 Å². The molecule has 0 saturated carbocycles. The van der Waals surface area contributed by atoms with E-state index < -0.39 is 12.0 Å². The highest BCUT2D eigenvalue weighted by Gasteiger charge is 2.18. The molecule has 24 heavy (non-hydrogen) atoms. The van der Waals surface area contributed by atoms with Gasteiger partial charge in [-0.2, -0.15) is 4.80 Å². The molecule has 1 amide bonds. The highest BCUT2D eigenvalue weighted by molar-refractivity contribution is 7.80. The van der Waals surface area contributed by atoms with Crippen LogP contribution in [0.25, 0.3) is 0 Å². The van der Waals surface area contributed by atoms with Crippen LogP contribution in [0.5, 0.6) is 5.75 Å². The highest BCUT2D eigenvalue weighted by atomic mass is 35.5. The lowest BCUT2D eigenvalue weighted by molar-refractivity contribution is -0.125. The van der Waals surface area contributed by atoms with E-state index in [2.05, 4.69) is 26.0 Å². The number of hydrogen-bond acceptors (Lipinski definition) is 6. The van der Waals surface area contributed by atoms with E-state index in [4.69, 9.17) is 40.2 Å². The topological polar surface area (TPSA) is 94.0 Å². The number of aromatic nitrogens is 4. The summed E-state index contributed by atoms with van der Waals surface area (Å²) in [6.45, 7) is 4.00. The second kappa shape index (κ2) is 8.22. The molecule has 128 valence electrons. The third kappa shape index (κ3) is 5.02. The first-order valence-electron chi connectivity index (χ1n) is 6.90. The molecule has 11 heteroatoms. The molecule has 0 bridgehead atoms. The number of anilines is 1. The molecule has 1 heterocycles. The highest BCUT2D eigenvalue weighted by Crippen LogP contribution is 2.28. The summed E-state index contributed by atoms with van der Waals surface area (Å²) in [6.07, 6.45) is -0.831. The summed E-state index contributed by atoms with van der Waals surface area (Å²) >= 11 is 16.8. The predicted octanol–water partition coefficient (Wildman–Crippen LogP) is 2.28. The number of benzene rings is 1. The van der Waals surface area contributed by atoms with Crippen LogP contribution in [0.2, 0.25) is 10.0 Å². The zero-order valence-corrected chi connectivity index (χ0v) is 15.1. The van der Waals surface area contributed by atoms with Crippen molar-refractivity contribution >= 4 is 52.4 Å². The Kier molecular flexibility index (Phi) is 6.29. The summed E-state index contributed by atoms with van der Waals surface area (Å²) in [5.74, 6) is 0.0769. The van der Waals surface area contributed by atoms with Crippen molar-refractivity contribution < 1.29 is 9.53 Å². The second-order valence-corrected chi connectivity index (χ2v) is 5.83. The van der Waals surface area contributed by atoms with Crippen LogP contribution < -0.4 is 15.4 Å². The van der Waals surface area contributed by atoms with Gasteiger partial charge in [0.25, 0.3) is 11.9 Å². The molecule has 0 aliphatic rings. The van der Waals surface area contributed by atoms with Crippen LogP contribution in [0.3, 0.4) is 0 Å². The molecule has 0 spiro atoms. The summed E-state index contributed by atoms with van der Waals surface area (Å²) < 4.78 is 5.50. The molecule has 2 N–H and O–H groups in total. The van der Waals surface area contributed by atoms with Crippen molar-refractivity contribution in [2.75, 3.05) is 5.32 Å². The van der Waals surface area contributed by atoms with Crippen LogP contribution in [0, 0.1) is 0 Å². The van der Waals surface area contributed by atoms with Crippen molar-refractivity contribution in [3.8, 4) is 5.75 Å². The largest absolute Gasteiger partial charge is 0.479 e. The fourth-order valence-electron chi connectivity index (χ4n) is 1.59. The number of halogens is 2. The standard InChI is InChI=1S/C13H14Cl2N6O2S/c1-3-21-19-12(18-20-21)17-13(24)16-11(22)7(2)23-10-5-4-8(14)6-9(10)15/h4-7H,3H2,1-2H3,(H2,16,17,19,22,24). The number of amides is 1. The van der Waals surface area contributed by atoms with E-state index in [1.165, 1.54) is 10.9 Å². The molecule has 1 unspecified atom stereocenters. The Balaban J connectivity index is 1.89. The average Bonchev–Trinajstić information content (AvgIpc) is 2.97. The fraction of sp³-hybridized carbons (Fsp3) is 0.308. The van der Waals surface area contributed by atoms with Gasteiger partial charge in [0.05, 0.1) is 11.6 Å². The Labute approximate surface area is 153 Å². The molecule has 0 fully saturated rings. The minimum atomic E-state index is -0.831. The Bertz CT molecular complexity index is 754. The summed E-state index contributed by atoms with van der Waals surface area (Å²) in [4.78, 5) is 13.5. The molecule has 1 atom stereocenters. The van der Waals surface area contributed by atoms with E-state index >= 15 is 0 Å². The van der Waals surface area contributed by atoms with Crippen LogP contribution in [0.15, 0.2) is 18.2 Å². The van der Waals surface area contributed by atoms with Gasteiger partial charge in [0, 0.05) is 5.02 Å². The van der Waals surface area contributed by atoms with Crippen molar-refractivity contribution in [2.45, 2.75) is 26.5 Å². The Hall–Kier alpha value is -1.97. The number of carbonyl (C=O) groups is 1. The Morgan fingerprint density at radius 1 is 1.46 bits per heavy atom. The number of hydrogen-bond donors (Lipinski definition) is 2. The van der Waals surface area contributed by atoms with Gasteiger partial charge in [0.15, 0.2) is 11.2 Å². The van der Waals surface area contributed by atoms with E-state index in [0.29, 0.717) is 22.3 Å². The van der Waals surface area contributed by atoms with Gasteiger partial charge in [-0.05, 0) is 49.5 Å². The molecule has 0 aliphatic heterocycles. The van der Waals surface area contributed by atoms with Gasteiger partial charge in [0.1, 0.15) is 5.75 Å². The van der Waals surface area contributed by atoms with Gasteiger partial charge in [-0.1, -0.05) is 28.3 Å². The lowest BCUT2D eigenvalue weighted by atomic mass is 10.3. The number of ether oxygens (including phenoxy) is 1. The van der Waals surface area contributed by atoms with Gasteiger partial charge in [0.2, 0.25) is 0 Å². The molecule has 2 rings (SSSR count). The van der Waals surface area contributed by atoms with Gasteiger partial charge in [-0.3, -0.25) is 15.4 Å². The van der Waals surface area contributed by atoms with E-state index in [9.17, 15) is 4.79 Å². The number of thiocarbonyl (C=S) groups is 1. The Morgan fingerprint density at radius 3 is 2.83 bits per heavy atom. The third-order valence-corrected chi connectivity index (χ3v) is 3.50. The first kappa shape index (κ1) is 18.4. The molecule has 1 aromatic carbocycles. The minimum absolute atomic E-state index is 0.0355. The Morgan fingerprint density at radius 2 is 2.21 bits per heavy atom. The molecule has 0 radical (unpaired) electrons. The van der Waals surface area contributed by atoms with Crippen molar-refractivity contribution in [2.24, 2.45) is 0 Å². The number of rotatable bonds is 5. The molecular weight excluding hydrogens is 375 g/mol. The van der Waals surface area contributed by atoms with E-state index in [1.54, 1.807) is 19.1 Å². The summed E-state index contributed by atoms with van der Waals surface area (Å²) in [5, 5.41) is 17.4. The normalized spacial score (nSPS) is 11.7. The van der Waals surface area contributed by atoms with Crippen molar-refractivity contribution in [3.05, 3.63) is 28.2 Å². The number of tetrazole rings is 1. The maximum atomic E-state index is 12.1. The summed E-state index contributed by atoms with van der Waals surface area (Å²) in [5.41, 5.74) is 0. The number of aryl methyl sites for hydroxylation is 1. The minimum Gasteiger partial charge on any atom is -0.479 e. The van der Waals surface area contributed by atoms with Crippen LogP contribution >= 0.6 is 35.4 Å². The predicted molar refractivity (Wildman–Crippen MR) is 94.4 cm³/mol. The van der Waals surface area contributed by atoms with E-state index in [0.717, 1.165) is 0 Å². The zero-order chi connectivity index (χ0) is 17.7. The maximum Gasteiger partial charge on any atom is 0.269 e. The maximum absolute atomic E-state index is 12.1. The average molecular weight is 389 g/mol. The number of nitrogens with zero attached hydrogens (tertiary/aromatic N) is 4. The van der Waals surface area contributed by atoms with Crippen molar-refractivity contribution in [3.63, 3.8) is 0 Å². The van der Waals surface area contributed by atoms with Crippen LogP contribution in [-0.2, 0) is 11.3 Å². The van der Waals surface area contributed by atoms with Crippen LogP contribution in [-0.4, -0.2) is 37.3 Å². The third-order valence-electron chi connectivity index (χ3n) is 2.76. The molecule has 0 aliphatic carbocycles. The molecule has 1 aromatic heterocycles. The summed E-state index contributed by atoms with van der Waals surface area (Å²) in [7, 11) is 0. The first-order valence-corrected chi connectivity index (χ1v) is 8.06.